The molecule has 0 bridgehead atoms. The monoisotopic (exact) mass is 276 g/mol. The van der Waals surface area contributed by atoms with Gasteiger partial charge in [0, 0.05) is 18.8 Å². The van der Waals surface area contributed by atoms with Crippen molar-refractivity contribution in [2.24, 2.45) is 5.92 Å². The second-order valence-electron chi connectivity index (χ2n) is 6.16. The van der Waals surface area contributed by atoms with E-state index in [2.05, 4.69) is 23.0 Å². The summed E-state index contributed by atoms with van der Waals surface area (Å²) >= 11 is 0. The van der Waals surface area contributed by atoms with Gasteiger partial charge in [-0.2, -0.15) is 0 Å². The highest BCUT2D eigenvalue weighted by Gasteiger charge is 2.37. The Morgan fingerprint density at radius 3 is 3.10 bits per heavy atom. The van der Waals surface area contributed by atoms with Crippen molar-refractivity contribution in [3.05, 3.63) is 24.0 Å². The van der Waals surface area contributed by atoms with Gasteiger partial charge in [0.2, 0.25) is 0 Å². The standard InChI is InChI=1S/C16H24N2O2/c1-18-5-2-3-14(18)11-20-15-7-13(9-17-10-15)16-8-12(16)4-6-19/h7,9-10,12,14,16,19H,2-6,8,11H2,1H3/t12-,14+,16+/m1/s1. The van der Waals surface area contributed by atoms with Crippen LogP contribution < -0.4 is 4.74 Å². The maximum Gasteiger partial charge on any atom is 0.137 e. The first-order valence-corrected chi connectivity index (χ1v) is 7.67. The SMILES string of the molecule is CN1CCC[C@H]1COc1cncc([C@H]2C[C@H]2CCO)c1. The Kier molecular flexibility index (Phi) is 4.22. The van der Waals surface area contributed by atoms with E-state index in [-0.39, 0.29) is 0 Å². The summed E-state index contributed by atoms with van der Waals surface area (Å²) in [5, 5.41) is 8.98. The van der Waals surface area contributed by atoms with E-state index in [4.69, 9.17) is 9.84 Å². The maximum atomic E-state index is 8.98. The number of rotatable bonds is 6. The Bertz CT molecular complexity index is 452. The molecule has 3 atom stereocenters. The summed E-state index contributed by atoms with van der Waals surface area (Å²) in [6, 6.07) is 2.67. The van der Waals surface area contributed by atoms with Gasteiger partial charge < -0.3 is 14.7 Å². The molecule has 1 saturated carbocycles. The van der Waals surface area contributed by atoms with Crippen molar-refractivity contribution >= 4 is 0 Å². The Balaban J connectivity index is 1.55. The Morgan fingerprint density at radius 2 is 2.35 bits per heavy atom. The molecular weight excluding hydrogens is 252 g/mol. The zero-order chi connectivity index (χ0) is 13.9. The van der Waals surface area contributed by atoms with E-state index < -0.39 is 0 Å². The molecule has 1 saturated heterocycles. The molecule has 1 aromatic rings. The molecule has 0 amide bonds. The molecule has 2 heterocycles. The van der Waals surface area contributed by atoms with Gasteiger partial charge in [0.15, 0.2) is 0 Å². The summed E-state index contributed by atoms with van der Waals surface area (Å²) in [5.74, 6) is 2.10. The smallest absolute Gasteiger partial charge is 0.137 e. The third-order valence-corrected chi connectivity index (χ3v) is 4.70. The summed E-state index contributed by atoms with van der Waals surface area (Å²) in [7, 11) is 2.17. The van der Waals surface area contributed by atoms with Crippen molar-refractivity contribution in [2.45, 2.75) is 37.6 Å². The molecule has 2 aliphatic rings. The van der Waals surface area contributed by atoms with Crippen molar-refractivity contribution in [1.29, 1.82) is 0 Å². The van der Waals surface area contributed by atoms with Gasteiger partial charge in [-0.1, -0.05) is 0 Å². The van der Waals surface area contributed by atoms with E-state index in [9.17, 15) is 0 Å². The summed E-state index contributed by atoms with van der Waals surface area (Å²) in [6.07, 6.45) is 8.33. The lowest BCUT2D eigenvalue weighted by atomic mass is 10.1. The molecular formula is C16H24N2O2. The normalized spacial score (nSPS) is 29.6. The van der Waals surface area contributed by atoms with Crippen LogP contribution in [0.4, 0.5) is 0 Å². The van der Waals surface area contributed by atoms with Crippen molar-refractivity contribution in [2.75, 3.05) is 26.8 Å². The van der Waals surface area contributed by atoms with Gasteiger partial charge in [-0.3, -0.25) is 4.98 Å². The highest BCUT2D eigenvalue weighted by Crippen LogP contribution is 2.49. The summed E-state index contributed by atoms with van der Waals surface area (Å²) in [5.41, 5.74) is 1.26. The fourth-order valence-electron chi connectivity index (χ4n) is 3.24. The molecule has 4 nitrogen and oxygen atoms in total. The van der Waals surface area contributed by atoms with Crippen LogP contribution in [-0.4, -0.2) is 47.8 Å². The summed E-state index contributed by atoms with van der Waals surface area (Å²) in [6.45, 7) is 2.22. The number of aromatic nitrogens is 1. The van der Waals surface area contributed by atoms with E-state index >= 15 is 0 Å². The number of aliphatic hydroxyl groups excluding tert-OH is 1. The number of pyridine rings is 1. The first-order valence-electron chi connectivity index (χ1n) is 7.67. The van der Waals surface area contributed by atoms with Crippen molar-refractivity contribution in [3.63, 3.8) is 0 Å². The molecule has 4 heteroatoms. The topological polar surface area (TPSA) is 45.6 Å². The Morgan fingerprint density at radius 1 is 1.45 bits per heavy atom. The van der Waals surface area contributed by atoms with Crippen LogP contribution in [0.25, 0.3) is 0 Å². The average molecular weight is 276 g/mol. The van der Waals surface area contributed by atoms with Crippen LogP contribution in [0.2, 0.25) is 0 Å². The quantitative estimate of drug-likeness (QED) is 0.863. The third kappa shape index (κ3) is 3.13. The second kappa shape index (κ2) is 6.10. The van der Waals surface area contributed by atoms with Crippen LogP contribution in [0, 0.1) is 5.92 Å². The van der Waals surface area contributed by atoms with Crippen molar-refractivity contribution in [3.8, 4) is 5.75 Å². The molecule has 20 heavy (non-hydrogen) atoms. The lowest BCUT2D eigenvalue weighted by molar-refractivity contribution is 0.197. The van der Waals surface area contributed by atoms with Crippen LogP contribution in [0.5, 0.6) is 5.75 Å². The average Bonchev–Trinajstić information content (AvgIpc) is 3.11. The first kappa shape index (κ1) is 13.8. The minimum absolute atomic E-state index is 0.290. The molecule has 0 aromatic carbocycles. The van der Waals surface area contributed by atoms with Crippen LogP contribution in [0.15, 0.2) is 18.5 Å². The van der Waals surface area contributed by atoms with Gasteiger partial charge in [-0.05, 0) is 62.7 Å². The lowest BCUT2D eigenvalue weighted by Crippen LogP contribution is -2.30. The Labute approximate surface area is 120 Å². The van der Waals surface area contributed by atoms with Crippen molar-refractivity contribution < 1.29 is 9.84 Å². The van der Waals surface area contributed by atoms with Gasteiger partial charge >= 0.3 is 0 Å². The number of likely N-dealkylation sites (tertiary alicyclic amines) is 1. The Hall–Kier alpha value is -1.13. The van der Waals surface area contributed by atoms with E-state index in [1.54, 1.807) is 0 Å². The number of likely N-dealkylation sites (N-methyl/N-ethyl adjacent to an activating group) is 1. The highest BCUT2D eigenvalue weighted by atomic mass is 16.5. The predicted octanol–water partition coefficient (Wildman–Crippen LogP) is 2.04. The summed E-state index contributed by atoms with van der Waals surface area (Å²) < 4.78 is 5.92. The van der Waals surface area contributed by atoms with Gasteiger partial charge in [0.1, 0.15) is 12.4 Å². The molecule has 2 fully saturated rings. The number of hydrogen-bond donors (Lipinski definition) is 1. The summed E-state index contributed by atoms with van der Waals surface area (Å²) in [4.78, 5) is 6.67. The number of hydrogen-bond acceptors (Lipinski definition) is 4. The molecule has 110 valence electrons. The van der Waals surface area contributed by atoms with Gasteiger partial charge in [0.25, 0.3) is 0 Å². The third-order valence-electron chi connectivity index (χ3n) is 4.70. The fourth-order valence-corrected chi connectivity index (χ4v) is 3.24. The zero-order valence-electron chi connectivity index (χ0n) is 12.2. The first-order chi connectivity index (χ1) is 9.78. The second-order valence-corrected chi connectivity index (χ2v) is 6.16. The van der Waals surface area contributed by atoms with E-state index in [0.717, 1.165) is 18.8 Å². The largest absolute Gasteiger partial charge is 0.490 e. The van der Waals surface area contributed by atoms with E-state index in [1.807, 2.05) is 12.4 Å². The van der Waals surface area contributed by atoms with Gasteiger partial charge in [-0.25, -0.2) is 0 Å². The molecule has 1 N–H and O–H groups in total. The molecule has 0 unspecified atom stereocenters. The van der Waals surface area contributed by atoms with Crippen LogP contribution in [0.1, 0.15) is 37.2 Å². The predicted molar refractivity (Wildman–Crippen MR) is 77.9 cm³/mol. The molecule has 3 rings (SSSR count). The van der Waals surface area contributed by atoms with E-state index in [1.165, 1.54) is 31.4 Å². The van der Waals surface area contributed by atoms with Crippen LogP contribution >= 0.6 is 0 Å². The number of nitrogens with zero attached hydrogens (tertiary/aromatic N) is 2. The zero-order valence-corrected chi connectivity index (χ0v) is 12.2. The molecule has 0 radical (unpaired) electrons. The minimum atomic E-state index is 0.290. The number of aliphatic hydroxyl groups is 1. The van der Waals surface area contributed by atoms with E-state index in [0.29, 0.717) is 24.5 Å². The minimum Gasteiger partial charge on any atom is -0.490 e. The molecule has 1 aliphatic carbocycles. The van der Waals surface area contributed by atoms with Crippen molar-refractivity contribution in [1.82, 2.24) is 9.88 Å². The highest BCUT2D eigenvalue weighted by molar-refractivity contribution is 5.30. The molecule has 1 aromatic heterocycles. The van der Waals surface area contributed by atoms with Crippen LogP contribution in [-0.2, 0) is 0 Å². The van der Waals surface area contributed by atoms with Crippen LogP contribution in [0.3, 0.4) is 0 Å². The molecule has 0 spiro atoms. The fraction of sp³-hybridized carbons (Fsp3) is 0.688. The van der Waals surface area contributed by atoms with Gasteiger partial charge in [-0.15, -0.1) is 0 Å². The van der Waals surface area contributed by atoms with Gasteiger partial charge in [0.05, 0.1) is 6.20 Å². The number of ether oxygens (including phenoxy) is 1. The molecule has 1 aliphatic heterocycles. The maximum absolute atomic E-state index is 8.98. The lowest BCUT2D eigenvalue weighted by Gasteiger charge is -2.19.